The van der Waals surface area contributed by atoms with Gasteiger partial charge in [0, 0.05) is 18.3 Å². The van der Waals surface area contributed by atoms with Crippen LogP contribution >= 0.6 is 0 Å². The molecule has 1 atom stereocenters. The van der Waals surface area contributed by atoms with Gasteiger partial charge in [-0.15, -0.1) is 0 Å². The van der Waals surface area contributed by atoms with Crippen molar-refractivity contribution in [3.63, 3.8) is 0 Å². The highest BCUT2D eigenvalue weighted by molar-refractivity contribution is 6.00. The minimum absolute atomic E-state index is 0.0668. The zero-order valence-corrected chi connectivity index (χ0v) is 17.6. The SMILES string of the molecule is CC(=O)Nc1ccc(NC(=O)CN2C(=O)N[C@@H](c3ccc(C)cc3)C3=C2COC3=O)cc1. The first-order valence-electron chi connectivity index (χ1n) is 10.0. The van der Waals surface area contributed by atoms with Crippen molar-refractivity contribution in [2.75, 3.05) is 23.8 Å². The molecule has 3 N–H and O–H groups in total. The highest BCUT2D eigenvalue weighted by atomic mass is 16.5. The third-order valence-corrected chi connectivity index (χ3v) is 5.20. The maximum atomic E-state index is 12.8. The lowest BCUT2D eigenvalue weighted by molar-refractivity contribution is -0.136. The van der Waals surface area contributed by atoms with Crippen LogP contribution in [0.5, 0.6) is 0 Å². The van der Waals surface area contributed by atoms with Crippen molar-refractivity contribution in [2.45, 2.75) is 19.9 Å². The molecule has 0 bridgehead atoms. The van der Waals surface area contributed by atoms with Crippen LogP contribution in [0.1, 0.15) is 24.1 Å². The van der Waals surface area contributed by atoms with Crippen LogP contribution in [-0.2, 0) is 19.1 Å². The van der Waals surface area contributed by atoms with E-state index in [1.54, 1.807) is 24.3 Å². The fourth-order valence-electron chi connectivity index (χ4n) is 3.67. The second kappa shape index (κ2) is 8.54. The summed E-state index contributed by atoms with van der Waals surface area (Å²) in [6.45, 7) is 3.01. The van der Waals surface area contributed by atoms with Gasteiger partial charge < -0.3 is 20.7 Å². The number of benzene rings is 2. The lowest BCUT2D eigenvalue weighted by Crippen LogP contribution is -2.49. The number of cyclic esters (lactones) is 1. The number of carbonyl (C=O) groups excluding carboxylic acids is 4. The summed E-state index contributed by atoms with van der Waals surface area (Å²) in [7, 11) is 0. The quantitative estimate of drug-likeness (QED) is 0.625. The summed E-state index contributed by atoms with van der Waals surface area (Å²) in [6.07, 6.45) is 0. The molecular formula is C23H22N4O5. The van der Waals surface area contributed by atoms with Gasteiger partial charge in [0.1, 0.15) is 13.2 Å². The zero-order valence-electron chi connectivity index (χ0n) is 17.6. The Morgan fingerprint density at radius 1 is 1.03 bits per heavy atom. The molecule has 2 heterocycles. The number of carbonyl (C=O) groups is 4. The van der Waals surface area contributed by atoms with Gasteiger partial charge in [0.15, 0.2) is 0 Å². The average molecular weight is 434 g/mol. The van der Waals surface area contributed by atoms with Gasteiger partial charge in [-0.2, -0.15) is 0 Å². The van der Waals surface area contributed by atoms with Crippen molar-refractivity contribution < 1.29 is 23.9 Å². The number of hydrogen-bond acceptors (Lipinski definition) is 5. The summed E-state index contributed by atoms with van der Waals surface area (Å²) in [4.78, 5) is 50.2. The molecule has 4 amide bonds. The van der Waals surface area contributed by atoms with Crippen LogP contribution in [0.3, 0.4) is 0 Å². The fourth-order valence-corrected chi connectivity index (χ4v) is 3.67. The van der Waals surface area contributed by atoms with Gasteiger partial charge in [-0.1, -0.05) is 29.8 Å². The largest absolute Gasteiger partial charge is 0.456 e. The summed E-state index contributed by atoms with van der Waals surface area (Å²) in [5, 5.41) is 8.16. The van der Waals surface area contributed by atoms with E-state index in [4.69, 9.17) is 4.74 Å². The van der Waals surface area contributed by atoms with Crippen LogP contribution in [-0.4, -0.2) is 41.9 Å². The minimum Gasteiger partial charge on any atom is -0.456 e. The summed E-state index contributed by atoms with van der Waals surface area (Å²) in [5.74, 6) is -1.14. The van der Waals surface area contributed by atoms with Crippen molar-refractivity contribution in [1.82, 2.24) is 10.2 Å². The van der Waals surface area contributed by atoms with Gasteiger partial charge in [-0.05, 0) is 36.8 Å². The average Bonchev–Trinajstić information content (AvgIpc) is 3.13. The number of anilines is 2. The number of hydrogen-bond donors (Lipinski definition) is 3. The Kier molecular flexibility index (Phi) is 5.63. The first kappa shape index (κ1) is 21.1. The van der Waals surface area contributed by atoms with Crippen LogP contribution in [0.25, 0.3) is 0 Å². The second-order valence-electron chi connectivity index (χ2n) is 7.62. The van der Waals surface area contributed by atoms with E-state index in [0.717, 1.165) is 11.1 Å². The normalized spacial score (nSPS) is 17.4. The first-order valence-corrected chi connectivity index (χ1v) is 10.0. The van der Waals surface area contributed by atoms with Gasteiger partial charge in [0.2, 0.25) is 11.8 Å². The van der Waals surface area contributed by atoms with E-state index in [9.17, 15) is 19.2 Å². The maximum absolute atomic E-state index is 12.8. The van der Waals surface area contributed by atoms with Gasteiger partial charge in [0.25, 0.3) is 0 Å². The van der Waals surface area contributed by atoms with E-state index in [1.165, 1.54) is 11.8 Å². The van der Waals surface area contributed by atoms with Gasteiger partial charge in [0.05, 0.1) is 17.3 Å². The predicted octanol–water partition coefficient (Wildman–Crippen LogP) is 2.47. The lowest BCUT2D eigenvalue weighted by Gasteiger charge is -2.32. The predicted molar refractivity (Wildman–Crippen MR) is 117 cm³/mol. The Labute approximate surface area is 184 Å². The third-order valence-electron chi connectivity index (χ3n) is 5.20. The topological polar surface area (TPSA) is 117 Å². The van der Waals surface area contributed by atoms with Gasteiger partial charge in [-0.3, -0.25) is 14.5 Å². The highest BCUT2D eigenvalue weighted by Crippen LogP contribution is 2.35. The summed E-state index contributed by atoms with van der Waals surface area (Å²) < 4.78 is 5.19. The molecule has 0 unspecified atom stereocenters. The standard InChI is InChI=1S/C23H22N4O5/c1-13-3-5-15(6-4-13)21-20-18(12-32-22(20)30)27(23(31)26-21)11-19(29)25-17-9-7-16(8-10-17)24-14(2)28/h3-10,21H,11-12H2,1-2H3,(H,24,28)(H,25,29)(H,26,31)/t21-/m0/s1. The molecule has 0 saturated carbocycles. The van der Waals surface area contributed by atoms with Crippen molar-refractivity contribution in [3.8, 4) is 0 Å². The number of aryl methyl sites for hydroxylation is 1. The molecule has 2 aromatic carbocycles. The molecule has 9 nitrogen and oxygen atoms in total. The third kappa shape index (κ3) is 4.31. The van der Waals surface area contributed by atoms with Crippen LogP contribution in [0.2, 0.25) is 0 Å². The van der Waals surface area contributed by atoms with E-state index >= 15 is 0 Å². The fraction of sp³-hybridized carbons (Fsp3) is 0.217. The van der Waals surface area contributed by atoms with Crippen LogP contribution in [0.15, 0.2) is 59.8 Å². The molecular weight excluding hydrogens is 412 g/mol. The second-order valence-corrected chi connectivity index (χ2v) is 7.62. The van der Waals surface area contributed by atoms with E-state index in [2.05, 4.69) is 16.0 Å². The molecule has 0 aliphatic carbocycles. The van der Waals surface area contributed by atoms with Crippen molar-refractivity contribution >= 4 is 35.2 Å². The number of nitrogens with zero attached hydrogens (tertiary/aromatic N) is 1. The van der Waals surface area contributed by atoms with Crippen molar-refractivity contribution in [2.24, 2.45) is 0 Å². The number of ether oxygens (including phenoxy) is 1. The molecule has 0 saturated heterocycles. The molecule has 2 aliphatic rings. The number of esters is 1. The van der Waals surface area contributed by atoms with Crippen LogP contribution < -0.4 is 16.0 Å². The van der Waals surface area contributed by atoms with Crippen molar-refractivity contribution in [3.05, 3.63) is 70.9 Å². The van der Waals surface area contributed by atoms with Crippen LogP contribution in [0, 0.1) is 6.92 Å². The molecule has 0 aromatic heterocycles. The molecule has 2 aromatic rings. The van der Waals surface area contributed by atoms with E-state index in [1.807, 2.05) is 31.2 Å². The van der Waals surface area contributed by atoms with E-state index in [0.29, 0.717) is 22.6 Å². The Morgan fingerprint density at radius 2 is 1.66 bits per heavy atom. The number of amides is 4. The summed E-state index contributed by atoms with van der Waals surface area (Å²) >= 11 is 0. The summed E-state index contributed by atoms with van der Waals surface area (Å²) in [6, 6.07) is 13.0. The Balaban J connectivity index is 1.51. The molecule has 0 spiro atoms. The van der Waals surface area contributed by atoms with Gasteiger partial charge >= 0.3 is 12.0 Å². The lowest BCUT2D eigenvalue weighted by atomic mass is 9.95. The number of rotatable bonds is 5. The van der Waals surface area contributed by atoms with Gasteiger partial charge in [-0.25, -0.2) is 9.59 Å². The Hall–Kier alpha value is -4.14. The molecule has 0 fully saturated rings. The zero-order chi connectivity index (χ0) is 22.8. The molecule has 4 rings (SSSR count). The molecule has 0 radical (unpaired) electrons. The molecule has 164 valence electrons. The highest BCUT2D eigenvalue weighted by Gasteiger charge is 2.42. The minimum atomic E-state index is -0.631. The maximum Gasteiger partial charge on any atom is 0.338 e. The monoisotopic (exact) mass is 434 g/mol. The molecule has 9 heteroatoms. The number of nitrogens with one attached hydrogen (secondary N) is 3. The van der Waals surface area contributed by atoms with Crippen molar-refractivity contribution in [1.29, 1.82) is 0 Å². The molecule has 2 aliphatic heterocycles. The van der Waals surface area contributed by atoms with E-state index < -0.39 is 23.9 Å². The molecule has 32 heavy (non-hydrogen) atoms. The Bertz CT molecular complexity index is 1120. The number of urea groups is 1. The van der Waals surface area contributed by atoms with E-state index in [-0.39, 0.29) is 19.1 Å². The smallest absolute Gasteiger partial charge is 0.338 e. The first-order chi connectivity index (χ1) is 15.3. The Morgan fingerprint density at radius 3 is 2.28 bits per heavy atom. The summed E-state index contributed by atoms with van der Waals surface area (Å²) in [5.41, 5.74) is 3.65. The van der Waals surface area contributed by atoms with Crippen LogP contribution in [0.4, 0.5) is 16.2 Å².